The van der Waals surface area contributed by atoms with Crippen LogP contribution in [-0.2, 0) is 14.3 Å². The number of benzene rings is 1. The van der Waals surface area contributed by atoms with Gasteiger partial charge < -0.3 is 15.0 Å². The van der Waals surface area contributed by atoms with Crippen LogP contribution in [0.3, 0.4) is 0 Å². The van der Waals surface area contributed by atoms with Gasteiger partial charge in [-0.05, 0) is 57.9 Å². The van der Waals surface area contributed by atoms with Gasteiger partial charge in [-0.3, -0.25) is 14.4 Å². The lowest BCUT2D eigenvalue weighted by molar-refractivity contribution is -0.140. The van der Waals surface area contributed by atoms with E-state index in [1.807, 2.05) is 31.7 Å². The van der Waals surface area contributed by atoms with Crippen molar-refractivity contribution in [2.24, 2.45) is 4.99 Å². The first-order valence-corrected chi connectivity index (χ1v) is 11.6. The van der Waals surface area contributed by atoms with E-state index in [2.05, 4.69) is 15.0 Å². The van der Waals surface area contributed by atoms with Crippen molar-refractivity contribution < 1.29 is 19.1 Å². The Morgan fingerprint density at radius 2 is 1.91 bits per heavy atom. The van der Waals surface area contributed by atoms with Crippen LogP contribution in [-0.4, -0.2) is 58.8 Å². The minimum absolute atomic E-state index is 0.0705. The van der Waals surface area contributed by atoms with Crippen LogP contribution in [0.5, 0.6) is 0 Å². The second-order valence-electron chi connectivity index (χ2n) is 7.85. The van der Waals surface area contributed by atoms with Crippen molar-refractivity contribution >= 4 is 34.7 Å². The lowest BCUT2D eigenvalue weighted by Gasteiger charge is -2.28. The minimum Gasteiger partial charge on any atom is -0.469 e. The summed E-state index contributed by atoms with van der Waals surface area (Å²) in [6, 6.07) is 8.30. The van der Waals surface area contributed by atoms with Gasteiger partial charge in [0.15, 0.2) is 5.17 Å². The Morgan fingerprint density at radius 3 is 2.50 bits per heavy atom. The van der Waals surface area contributed by atoms with Crippen LogP contribution >= 0.6 is 11.8 Å². The first kappa shape index (κ1) is 25.4. The molecule has 0 radical (unpaired) electrons. The molecule has 1 aliphatic rings. The number of amides is 2. The molecule has 0 saturated carbocycles. The van der Waals surface area contributed by atoms with Crippen LogP contribution < -0.4 is 5.32 Å². The number of esters is 1. The zero-order valence-corrected chi connectivity index (χ0v) is 19.8. The smallest absolute Gasteiger partial charge is 0.305 e. The fraction of sp³-hybridized carbons (Fsp3) is 0.522. The molecular weight excluding hydrogens is 428 g/mol. The van der Waals surface area contributed by atoms with Crippen LogP contribution in [0, 0.1) is 11.3 Å². The summed E-state index contributed by atoms with van der Waals surface area (Å²) < 4.78 is 4.62. The number of thioether (sulfide) groups is 1. The molecule has 8 nitrogen and oxygen atoms in total. The summed E-state index contributed by atoms with van der Waals surface area (Å²) in [6.07, 6.45) is 2.72. The van der Waals surface area contributed by atoms with Crippen LogP contribution in [0.25, 0.3) is 0 Å². The average molecular weight is 459 g/mol. The fourth-order valence-corrected chi connectivity index (χ4v) is 4.84. The summed E-state index contributed by atoms with van der Waals surface area (Å²) in [5, 5.41) is 12.0. The number of amidine groups is 1. The third kappa shape index (κ3) is 6.82. The fourth-order valence-electron chi connectivity index (χ4n) is 3.46. The molecule has 0 spiro atoms. The number of hydrogen-bond donors (Lipinski definition) is 1. The number of nitrogens with one attached hydrogen (secondary N) is 1. The largest absolute Gasteiger partial charge is 0.469 e. The highest BCUT2D eigenvalue weighted by molar-refractivity contribution is 8.15. The Kier molecular flexibility index (Phi) is 9.72. The number of carbonyl (C=O) groups is 3. The van der Waals surface area contributed by atoms with E-state index in [9.17, 15) is 14.4 Å². The van der Waals surface area contributed by atoms with E-state index in [1.54, 1.807) is 24.3 Å². The van der Waals surface area contributed by atoms with Crippen LogP contribution in [0.1, 0.15) is 62.4 Å². The van der Waals surface area contributed by atoms with Gasteiger partial charge in [-0.1, -0.05) is 18.2 Å². The summed E-state index contributed by atoms with van der Waals surface area (Å²) >= 11 is 1.30. The van der Waals surface area contributed by atoms with E-state index in [4.69, 9.17) is 5.26 Å². The van der Waals surface area contributed by atoms with E-state index >= 15 is 0 Å². The molecule has 0 bridgehead atoms. The Bertz CT molecular complexity index is 892. The molecule has 172 valence electrons. The summed E-state index contributed by atoms with van der Waals surface area (Å²) in [5.41, 5.74) is 0.872. The number of unbranched alkanes of at least 4 members (excludes halogenated alkanes) is 2. The van der Waals surface area contributed by atoms with Gasteiger partial charge >= 0.3 is 5.97 Å². The molecule has 2 rings (SSSR count). The molecule has 2 unspecified atom stereocenters. The normalized spacial score (nSPS) is 19.1. The lowest BCUT2D eigenvalue weighted by Crippen LogP contribution is -2.45. The number of nitrogens with zero attached hydrogens (tertiary/aromatic N) is 3. The maximum atomic E-state index is 12.8. The quantitative estimate of drug-likeness (QED) is 0.447. The third-order valence-electron chi connectivity index (χ3n) is 5.19. The van der Waals surface area contributed by atoms with Gasteiger partial charge in [0.25, 0.3) is 5.91 Å². The molecule has 0 aromatic heterocycles. The van der Waals surface area contributed by atoms with Crippen LogP contribution in [0.4, 0.5) is 0 Å². The molecule has 1 aromatic carbocycles. The predicted octanol–water partition coefficient (Wildman–Crippen LogP) is 3.12. The van der Waals surface area contributed by atoms with Crippen LogP contribution in [0.2, 0.25) is 0 Å². The van der Waals surface area contributed by atoms with Gasteiger partial charge in [0.05, 0.1) is 18.7 Å². The Labute approximate surface area is 193 Å². The molecule has 1 aliphatic heterocycles. The van der Waals surface area contributed by atoms with E-state index < -0.39 is 5.91 Å². The van der Waals surface area contributed by atoms with Gasteiger partial charge in [-0.2, -0.15) is 10.3 Å². The van der Waals surface area contributed by atoms with Crippen molar-refractivity contribution in [3.05, 3.63) is 35.4 Å². The van der Waals surface area contributed by atoms with E-state index in [-0.39, 0.29) is 29.2 Å². The number of rotatable bonds is 9. The number of nitriles is 1. The summed E-state index contributed by atoms with van der Waals surface area (Å²) in [7, 11) is 1.37. The lowest BCUT2D eigenvalue weighted by atomic mass is 10.1. The minimum atomic E-state index is -0.401. The summed E-state index contributed by atoms with van der Waals surface area (Å²) in [6.45, 7) is 6.49. The monoisotopic (exact) mass is 458 g/mol. The van der Waals surface area contributed by atoms with Crippen molar-refractivity contribution in [3.63, 3.8) is 0 Å². The van der Waals surface area contributed by atoms with Crippen molar-refractivity contribution in [1.29, 1.82) is 5.26 Å². The van der Waals surface area contributed by atoms with Gasteiger partial charge in [-0.25, -0.2) is 0 Å². The van der Waals surface area contributed by atoms with Gasteiger partial charge in [0.2, 0.25) is 5.91 Å². The zero-order valence-electron chi connectivity index (χ0n) is 19.0. The Morgan fingerprint density at radius 1 is 1.22 bits per heavy atom. The topological polar surface area (TPSA) is 112 Å². The SMILES string of the molecule is COC(=O)CCCCCNC(=O)C1SC(=NC(=O)c2ccc(C#N)cc2)N(C(C)C)C1C. The van der Waals surface area contributed by atoms with Crippen LogP contribution in [0.15, 0.2) is 29.3 Å². The van der Waals surface area contributed by atoms with E-state index in [0.29, 0.717) is 29.3 Å². The Balaban J connectivity index is 1.98. The highest BCUT2D eigenvalue weighted by atomic mass is 32.2. The number of methoxy groups -OCH3 is 1. The zero-order chi connectivity index (χ0) is 23.7. The molecule has 2 atom stereocenters. The molecule has 1 saturated heterocycles. The standard InChI is InChI=1S/C23H30N4O4S/c1-15(2)27-16(3)20(22(30)25-13-7-5-6-8-19(28)31-4)32-23(27)26-21(29)18-11-9-17(14-24)10-12-18/h9-12,15-16,20H,5-8,13H2,1-4H3,(H,25,30). The first-order chi connectivity index (χ1) is 15.3. The molecular formula is C23H30N4O4S. The van der Waals surface area contributed by atoms with Gasteiger partial charge in [0, 0.05) is 30.6 Å². The van der Waals surface area contributed by atoms with E-state index in [1.165, 1.54) is 18.9 Å². The molecule has 0 aliphatic carbocycles. The molecule has 1 heterocycles. The molecule has 32 heavy (non-hydrogen) atoms. The number of ether oxygens (including phenoxy) is 1. The average Bonchev–Trinajstić information content (AvgIpc) is 3.11. The highest BCUT2D eigenvalue weighted by Crippen LogP contribution is 2.33. The number of aliphatic imine (C=N–C) groups is 1. The predicted molar refractivity (Wildman–Crippen MR) is 124 cm³/mol. The van der Waals surface area contributed by atoms with Crippen molar-refractivity contribution in [1.82, 2.24) is 10.2 Å². The van der Waals surface area contributed by atoms with Crippen molar-refractivity contribution in [2.75, 3.05) is 13.7 Å². The molecule has 1 fully saturated rings. The van der Waals surface area contributed by atoms with E-state index in [0.717, 1.165) is 19.3 Å². The Hall–Kier alpha value is -2.86. The molecule has 1 N–H and O–H groups in total. The molecule has 1 aromatic rings. The summed E-state index contributed by atoms with van der Waals surface area (Å²) in [4.78, 5) is 42.8. The second kappa shape index (κ2) is 12.2. The van der Waals surface area contributed by atoms with Crippen molar-refractivity contribution in [3.8, 4) is 6.07 Å². The maximum absolute atomic E-state index is 12.8. The first-order valence-electron chi connectivity index (χ1n) is 10.7. The van der Waals surface area contributed by atoms with Gasteiger partial charge in [0.1, 0.15) is 5.25 Å². The molecule has 9 heteroatoms. The van der Waals surface area contributed by atoms with Gasteiger partial charge in [-0.15, -0.1) is 0 Å². The number of hydrogen-bond acceptors (Lipinski definition) is 6. The summed E-state index contributed by atoms with van der Waals surface area (Å²) in [5.74, 6) is -0.708. The van der Waals surface area contributed by atoms with Crippen molar-refractivity contribution in [2.45, 2.75) is 63.8 Å². The molecule has 2 amide bonds. The second-order valence-corrected chi connectivity index (χ2v) is 8.96. The number of carbonyl (C=O) groups excluding carboxylic acids is 3. The third-order valence-corrected chi connectivity index (χ3v) is 6.56. The highest BCUT2D eigenvalue weighted by Gasteiger charge is 2.42. The maximum Gasteiger partial charge on any atom is 0.305 e.